The summed E-state index contributed by atoms with van der Waals surface area (Å²) in [6.07, 6.45) is -3.17. The van der Waals surface area contributed by atoms with Gasteiger partial charge in [-0.1, -0.05) is 12.1 Å². The Kier molecular flexibility index (Phi) is 7.35. The number of hydrogen-bond donors (Lipinski definition) is 2. The molecule has 4 rings (SSSR count). The van der Waals surface area contributed by atoms with Crippen LogP contribution >= 0.6 is 0 Å². The molecular weight excluding hydrogens is 501 g/mol. The lowest BCUT2D eigenvalue weighted by molar-refractivity contribution is -0.384. The van der Waals surface area contributed by atoms with Crippen LogP contribution in [0, 0.1) is 10.1 Å². The topological polar surface area (TPSA) is 105 Å². The second-order valence-electron chi connectivity index (χ2n) is 8.99. The molecule has 0 radical (unpaired) electrons. The molecule has 0 fully saturated rings. The summed E-state index contributed by atoms with van der Waals surface area (Å²) in [6.45, 7) is 1.04. The number of likely N-dealkylation sites (N-methyl/N-ethyl adjacent to an activating group) is 1. The third-order valence-electron chi connectivity index (χ3n) is 5.93. The summed E-state index contributed by atoms with van der Waals surface area (Å²) < 4.78 is 43.3. The van der Waals surface area contributed by atoms with Gasteiger partial charge in [0.15, 0.2) is 0 Å². The van der Waals surface area contributed by atoms with Crippen molar-refractivity contribution in [3.05, 3.63) is 82.2 Å². The third kappa shape index (κ3) is 5.75. The molecule has 0 saturated carbocycles. The number of aromatic nitrogens is 2. The molecule has 38 heavy (non-hydrogen) atoms. The Hall–Kier alpha value is -4.45. The van der Waals surface area contributed by atoms with Crippen molar-refractivity contribution >= 4 is 34.0 Å². The fraction of sp³-hybridized carbons (Fsp3) is 0.231. The Morgan fingerprint density at radius 3 is 2.58 bits per heavy atom. The van der Waals surface area contributed by atoms with Crippen molar-refractivity contribution in [2.75, 3.05) is 37.8 Å². The van der Waals surface area contributed by atoms with E-state index in [0.29, 0.717) is 24.1 Å². The number of nitro benzene ring substituents is 1. The molecule has 12 heteroatoms. The second-order valence-corrected chi connectivity index (χ2v) is 8.99. The van der Waals surface area contributed by atoms with Crippen molar-refractivity contribution in [1.29, 1.82) is 0 Å². The molecule has 198 valence electrons. The standard InChI is InChI=1S/C26H25F3N6O3/c1-33(2)10-9-30-21-12-17(7-8-23(21)35(37)38)25(36)32-18-6-4-5-16(11-18)19-13-22-24(34(3)15-31-22)14-20(19)26(27,28)29/h4-8,11-15,30H,9-10H2,1-3H3,(H,32,36). The lowest BCUT2D eigenvalue weighted by atomic mass is 9.97. The van der Waals surface area contributed by atoms with Gasteiger partial charge in [-0.2, -0.15) is 13.2 Å². The summed E-state index contributed by atoms with van der Waals surface area (Å²) in [4.78, 5) is 29.9. The monoisotopic (exact) mass is 526 g/mol. The van der Waals surface area contributed by atoms with Gasteiger partial charge in [0.25, 0.3) is 11.6 Å². The number of hydrogen-bond acceptors (Lipinski definition) is 6. The zero-order valence-corrected chi connectivity index (χ0v) is 20.8. The minimum absolute atomic E-state index is 0.0671. The number of aryl methyl sites for hydroxylation is 1. The van der Waals surface area contributed by atoms with Gasteiger partial charge >= 0.3 is 6.18 Å². The van der Waals surface area contributed by atoms with E-state index >= 15 is 0 Å². The molecule has 0 aliphatic heterocycles. The highest BCUT2D eigenvalue weighted by Gasteiger charge is 2.34. The maximum Gasteiger partial charge on any atom is 0.417 e. The summed E-state index contributed by atoms with van der Waals surface area (Å²) in [7, 11) is 5.34. The lowest BCUT2D eigenvalue weighted by Gasteiger charge is -2.15. The molecule has 0 aliphatic rings. The van der Waals surface area contributed by atoms with E-state index in [1.54, 1.807) is 13.1 Å². The Labute approximate surface area is 216 Å². The van der Waals surface area contributed by atoms with Crippen molar-refractivity contribution < 1.29 is 22.9 Å². The summed E-state index contributed by atoms with van der Waals surface area (Å²) in [5, 5.41) is 17.1. The number of halogens is 3. The Morgan fingerprint density at radius 2 is 1.89 bits per heavy atom. The number of amides is 1. The maximum absolute atomic E-state index is 13.9. The normalized spacial score (nSPS) is 11.7. The van der Waals surface area contributed by atoms with Crippen LogP contribution < -0.4 is 10.6 Å². The Balaban J connectivity index is 1.64. The summed E-state index contributed by atoms with van der Waals surface area (Å²) in [6, 6.07) is 12.4. The first-order chi connectivity index (χ1) is 17.9. The summed E-state index contributed by atoms with van der Waals surface area (Å²) in [5.74, 6) is -0.566. The lowest BCUT2D eigenvalue weighted by Crippen LogP contribution is -2.21. The van der Waals surface area contributed by atoms with E-state index in [-0.39, 0.29) is 33.8 Å². The molecule has 0 bridgehead atoms. The molecule has 1 amide bonds. The number of nitrogens with one attached hydrogen (secondary N) is 2. The molecule has 0 aliphatic carbocycles. The van der Waals surface area contributed by atoms with E-state index in [1.807, 2.05) is 19.0 Å². The minimum atomic E-state index is -4.61. The van der Waals surface area contributed by atoms with Crippen LogP contribution in [0.2, 0.25) is 0 Å². The number of fused-ring (bicyclic) bond motifs is 1. The first kappa shape index (κ1) is 26.6. The van der Waals surface area contributed by atoms with Crippen LogP contribution in [0.1, 0.15) is 15.9 Å². The average molecular weight is 527 g/mol. The van der Waals surface area contributed by atoms with Crippen molar-refractivity contribution in [3.8, 4) is 11.1 Å². The fourth-order valence-electron chi connectivity index (χ4n) is 4.01. The first-order valence-electron chi connectivity index (χ1n) is 11.5. The van der Waals surface area contributed by atoms with Crippen LogP contribution in [0.15, 0.2) is 60.9 Å². The van der Waals surface area contributed by atoms with Gasteiger partial charge in [-0.25, -0.2) is 4.98 Å². The zero-order valence-electron chi connectivity index (χ0n) is 20.8. The van der Waals surface area contributed by atoms with Gasteiger partial charge in [0.1, 0.15) is 5.69 Å². The van der Waals surface area contributed by atoms with Crippen LogP contribution in [0.4, 0.5) is 30.2 Å². The number of nitro groups is 1. The van der Waals surface area contributed by atoms with E-state index < -0.39 is 22.6 Å². The predicted molar refractivity (Wildman–Crippen MR) is 139 cm³/mol. The third-order valence-corrected chi connectivity index (χ3v) is 5.93. The van der Waals surface area contributed by atoms with Crippen LogP contribution in [-0.2, 0) is 13.2 Å². The molecular formula is C26H25F3N6O3. The van der Waals surface area contributed by atoms with Crippen LogP contribution in [0.5, 0.6) is 0 Å². The number of rotatable bonds is 8. The van der Waals surface area contributed by atoms with E-state index in [2.05, 4.69) is 15.6 Å². The number of carbonyl (C=O) groups excluding carboxylic acids is 1. The average Bonchev–Trinajstić information content (AvgIpc) is 3.22. The molecule has 3 aromatic carbocycles. The van der Waals surface area contributed by atoms with Crippen LogP contribution in [0.3, 0.4) is 0 Å². The molecule has 0 atom stereocenters. The zero-order chi connectivity index (χ0) is 27.6. The van der Waals surface area contributed by atoms with Crippen molar-refractivity contribution in [1.82, 2.24) is 14.5 Å². The van der Waals surface area contributed by atoms with Gasteiger partial charge in [-0.15, -0.1) is 0 Å². The van der Waals surface area contributed by atoms with E-state index in [0.717, 1.165) is 6.07 Å². The molecule has 2 N–H and O–H groups in total. The number of carbonyl (C=O) groups is 1. The molecule has 0 saturated heterocycles. The molecule has 0 spiro atoms. The number of imidazole rings is 1. The Morgan fingerprint density at radius 1 is 1.13 bits per heavy atom. The van der Waals surface area contributed by atoms with Crippen LogP contribution in [0.25, 0.3) is 22.2 Å². The van der Waals surface area contributed by atoms with Crippen LogP contribution in [-0.4, -0.2) is 52.5 Å². The molecule has 1 heterocycles. The van der Waals surface area contributed by atoms with Gasteiger partial charge in [-0.3, -0.25) is 14.9 Å². The number of nitrogens with zero attached hydrogens (tertiary/aromatic N) is 4. The predicted octanol–water partition coefficient (Wildman–Crippen LogP) is 5.39. The maximum atomic E-state index is 13.9. The molecule has 9 nitrogen and oxygen atoms in total. The highest BCUT2D eigenvalue weighted by atomic mass is 19.4. The molecule has 4 aromatic rings. The number of benzene rings is 3. The van der Waals surface area contributed by atoms with Gasteiger partial charge in [-0.05, 0) is 61.6 Å². The van der Waals surface area contributed by atoms with Gasteiger partial charge in [0, 0.05) is 37.5 Å². The van der Waals surface area contributed by atoms with E-state index in [9.17, 15) is 28.1 Å². The van der Waals surface area contributed by atoms with E-state index in [4.69, 9.17) is 0 Å². The fourth-order valence-corrected chi connectivity index (χ4v) is 4.01. The largest absolute Gasteiger partial charge is 0.417 e. The second kappa shape index (κ2) is 10.5. The quantitative estimate of drug-likeness (QED) is 0.236. The highest BCUT2D eigenvalue weighted by molar-refractivity contribution is 6.05. The number of alkyl halides is 3. The summed E-state index contributed by atoms with van der Waals surface area (Å²) >= 11 is 0. The molecule has 0 unspecified atom stereocenters. The first-order valence-corrected chi connectivity index (χ1v) is 11.5. The smallest absolute Gasteiger partial charge is 0.378 e. The van der Waals surface area contributed by atoms with Crippen molar-refractivity contribution in [2.45, 2.75) is 6.18 Å². The highest BCUT2D eigenvalue weighted by Crippen LogP contribution is 2.40. The number of anilines is 2. The molecule has 1 aromatic heterocycles. The van der Waals surface area contributed by atoms with Gasteiger partial charge in [0.2, 0.25) is 0 Å². The SMILES string of the molecule is CN(C)CCNc1cc(C(=O)Nc2cccc(-c3cc4ncn(C)c4cc3C(F)(F)F)c2)ccc1[N+](=O)[O-]. The summed E-state index contributed by atoms with van der Waals surface area (Å²) in [5.41, 5.74) is 0.551. The van der Waals surface area contributed by atoms with E-state index in [1.165, 1.54) is 53.4 Å². The van der Waals surface area contributed by atoms with Crippen molar-refractivity contribution in [3.63, 3.8) is 0 Å². The van der Waals surface area contributed by atoms with Crippen molar-refractivity contribution in [2.24, 2.45) is 7.05 Å². The minimum Gasteiger partial charge on any atom is -0.378 e. The van der Waals surface area contributed by atoms with Gasteiger partial charge in [0.05, 0.1) is 27.8 Å². The van der Waals surface area contributed by atoms with Gasteiger partial charge < -0.3 is 20.1 Å². The Bertz CT molecular complexity index is 1510.